The van der Waals surface area contributed by atoms with Crippen LogP contribution in [0.3, 0.4) is 0 Å². The molecule has 132 valence electrons. The molecule has 2 rings (SSSR count). The van der Waals surface area contributed by atoms with E-state index in [9.17, 15) is 4.39 Å². The van der Waals surface area contributed by atoms with Crippen molar-refractivity contribution in [1.29, 1.82) is 5.26 Å². The summed E-state index contributed by atoms with van der Waals surface area (Å²) in [6.45, 7) is 2.56. The Balaban J connectivity index is 0.00000288. The van der Waals surface area contributed by atoms with Crippen LogP contribution in [0.1, 0.15) is 50.2 Å². The first-order chi connectivity index (χ1) is 11.2. The molecule has 0 unspecified atom stereocenters. The molecular formula is C18H26FIN4. The van der Waals surface area contributed by atoms with E-state index in [4.69, 9.17) is 5.26 Å². The molecule has 4 nitrogen and oxygen atoms in total. The molecule has 0 aliphatic heterocycles. The molecule has 1 aliphatic carbocycles. The molecule has 1 aromatic carbocycles. The number of nitriles is 1. The van der Waals surface area contributed by atoms with Gasteiger partial charge in [-0.2, -0.15) is 5.26 Å². The van der Waals surface area contributed by atoms with Gasteiger partial charge >= 0.3 is 0 Å². The zero-order valence-electron chi connectivity index (χ0n) is 14.3. The van der Waals surface area contributed by atoms with Crippen LogP contribution in [-0.4, -0.2) is 19.0 Å². The lowest BCUT2D eigenvalue weighted by Gasteiger charge is -2.29. The molecule has 0 spiro atoms. The monoisotopic (exact) mass is 444 g/mol. The van der Waals surface area contributed by atoms with Crippen LogP contribution in [-0.2, 0) is 6.54 Å². The smallest absolute Gasteiger partial charge is 0.191 e. The van der Waals surface area contributed by atoms with Crippen LogP contribution >= 0.6 is 24.0 Å². The van der Waals surface area contributed by atoms with Crippen molar-refractivity contribution in [3.63, 3.8) is 0 Å². The molecule has 0 saturated heterocycles. The Labute approximate surface area is 161 Å². The van der Waals surface area contributed by atoms with Crippen molar-refractivity contribution in [2.45, 2.75) is 51.6 Å². The summed E-state index contributed by atoms with van der Waals surface area (Å²) in [5.41, 5.74) is 0.936. The molecular weight excluding hydrogens is 418 g/mol. The van der Waals surface area contributed by atoms with Crippen molar-refractivity contribution in [2.24, 2.45) is 10.9 Å². The molecule has 0 heterocycles. The van der Waals surface area contributed by atoms with Gasteiger partial charge in [-0.1, -0.05) is 13.3 Å². The largest absolute Gasteiger partial charge is 0.354 e. The van der Waals surface area contributed by atoms with Crippen molar-refractivity contribution < 1.29 is 4.39 Å². The van der Waals surface area contributed by atoms with Crippen molar-refractivity contribution in [2.75, 3.05) is 7.05 Å². The number of nitrogens with one attached hydrogen (secondary N) is 2. The first-order valence-corrected chi connectivity index (χ1v) is 8.32. The highest BCUT2D eigenvalue weighted by molar-refractivity contribution is 14.0. The summed E-state index contributed by atoms with van der Waals surface area (Å²) >= 11 is 0. The second kappa shape index (κ2) is 10.5. The molecule has 0 radical (unpaired) electrons. The number of rotatable bonds is 4. The third kappa shape index (κ3) is 5.93. The Kier molecular flexibility index (Phi) is 9.04. The van der Waals surface area contributed by atoms with Gasteiger partial charge in [0.2, 0.25) is 0 Å². The van der Waals surface area contributed by atoms with E-state index in [0.717, 1.165) is 18.8 Å². The van der Waals surface area contributed by atoms with Crippen LogP contribution in [0.5, 0.6) is 0 Å². The standard InChI is InChI=1S/C18H25FN4.HI/c1-3-13-4-7-16(8-5-13)23-18(21-2)22-12-15-10-14(11-20)6-9-17(15)19;/h6,9-10,13,16H,3-5,7-8,12H2,1-2H3,(H2,21,22,23);1H. The maximum atomic E-state index is 13.8. The van der Waals surface area contributed by atoms with E-state index in [1.807, 2.05) is 6.07 Å². The summed E-state index contributed by atoms with van der Waals surface area (Å²) in [6, 6.07) is 6.85. The minimum absolute atomic E-state index is 0. The molecule has 24 heavy (non-hydrogen) atoms. The van der Waals surface area contributed by atoms with Gasteiger partial charge in [-0.05, 0) is 49.8 Å². The Bertz CT molecular complexity index is 589. The van der Waals surface area contributed by atoms with E-state index < -0.39 is 0 Å². The van der Waals surface area contributed by atoms with E-state index in [2.05, 4.69) is 22.5 Å². The van der Waals surface area contributed by atoms with E-state index in [1.54, 1.807) is 13.1 Å². The van der Waals surface area contributed by atoms with E-state index in [1.165, 1.54) is 31.4 Å². The molecule has 0 amide bonds. The Morgan fingerprint density at radius 1 is 1.33 bits per heavy atom. The molecule has 6 heteroatoms. The summed E-state index contributed by atoms with van der Waals surface area (Å²) in [4.78, 5) is 4.22. The molecule has 1 saturated carbocycles. The van der Waals surface area contributed by atoms with Crippen LogP contribution in [0.15, 0.2) is 23.2 Å². The van der Waals surface area contributed by atoms with E-state index >= 15 is 0 Å². The van der Waals surface area contributed by atoms with E-state index in [0.29, 0.717) is 29.7 Å². The maximum Gasteiger partial charge on any atom is 0.191 e. The lowest BCUT2D eigenvalue weighted by molar-refractivity contribution is 0.304. The number of halogens is 2. The normalized spacial score (nSPS) is 20.7. The zero-order valence-corrected chi connectivity index (χ0v) is 16.6. The van der Waals surface area contributed by atoms with Crippen molar-refractivity contribution in [3.8, 4) is 6.07 Å². The predicted molar refractivity (Wildman–Crippen MR) is 106 cm³/mol. The van der Waals surface area contributed by atoms with Gasteiger partial charge in [-0.3, -0.25) is 4.99 Å². The Morgan fingerprint density at radius 2 is 2.04 bits per heavy atom. The van der Waals surface area contributed by atoms with Crippen molar-refractivity contribution in [3.05, 3.63) is 35.1 Å². The average molecular weight is 444 g/mol. The van der Waals surface area contributed by atoms with Gasteiger partial charge in [0.1, 0.15) is 5.82 Å². The zero-order chi connectivity index (χ0) is 16.7. The fraction of sp³-hybridized carbons (Fsp3) is 0.556. The molecule has 1 fully saturated rings. The fourth-order valence-corrected chi connectivity index (χ4v) is 3.06. The van der Waals surface area contributed by atoms with E-state index in [-0.39, 0.29) is 29.8 Å². The van der Waals surface area contributed by atoms with Gasteiger partial charge in [0.05, 0.1) is 11.6 Å². The van der Waals surface area contributed by atoms with Gasteiger partial charge in [0.15, 0.2) is 5.96 Å². The lowest BCUT2D eigenvalue weighted by Crippen LogP contribution is -2.44. The minimum Gasteiger partial charge on any atom is -0.354 e. The highest BCUT2D eigenvalue weighted by Gasteiger charge is 2.20. The molecule has 0 atom stereocenters. The SMILES string of the molecule is CCC1CCC(NC(=NC)NCc2cc(C#N)ccc2F)CC1.I. The summed E-state index contributed by atoms with van der Waals surface area (Å²) in [6.07, 6.45) is 6.07. The molecule has 2 N–H and O–H groups in total. The molecule has 0 bridgehead atoms. The number of guanidine groups is 1. The Hall–Kier alpha value is -1.36. The van der Waals surface area contributed by atoms with Crippen LogP contribution in [0.25, 0.3) is 0 Å². The van der Waals surface area contributed by atoms with Crippen LogP contribution in [0.4, 0.5) is 4.39 Å². The molecule has 0 aromatic heterocycles. The fourth-order valence-electron chi connectivity index (χ4n) is 3.06. The van der Waals surface area contributed by atoms with Gasteiger partial charge < -0.3 is 10.6 Å². The van der Waals surface area contributed by atoms with Crippen LogP contribution in [0, 0.1) is 23.1 Å². The summed E-state index contributed by atoms with van der Waals surface area (Å²) in [7, 11) is 1.72. The number of hydrogen-bond acceptors (Lipinski definition) is 2. The van der Waals surface area contributed by atoms with Gasteiger partial charge in [0, 0.05) is 25.2 Å². The molecule has 1 aliphatic rings. The second-order valence-corrected chi connectivity index (χ2v) is 6.11. The van der Waals surface area contributed by atoms with Gasteiger partial charge in [-0.25, -0.2) is 4.39 Å². The second-order valence-electron chi connectivity index (χ2n) is 6.11. The third-order valence-electron chi connectivity index (χ3n) is 4.61. The van der Waals surface area contributed by atoms with Gasteiger partial charge in [-0.15, -0.1) is 24.0 Å². The highest BCUT2D eigenvalue weighted by atomic mass is 127. The number of nitrogens with zero attached hydrogens (tertiary/aromatic N) is 2. The number of aliphatic imine (C=N–C) groups is 1. The van der Waals surface area contributed by atoms with Crippen LogP contribution in [0.2, 0.25) is 0 Å². The number of hydrogen-bond donors (Lipinski definition) is 2. The van der Waals surface area contributed by atoms with Crippen LogP contribution < -0.4 is 10.6 Å². The predicted octanol–water partition coefficient (Wildman–Crippen LogP) is 3.95. The van der Waals surface area contributed by atoms with Crippen molar-refractivity contribution in [1.82, 2.24) is 10.6 Å². The topological polar surface area (TPSA) is 60.2 Å². The third-order valence-corrected chi connectivity index (χ3v) is 4.61. The summed E-state index contributed by atoms with van der Waals surface area (Å²) in [5.74, 6) is 1.23. The quantitative estimate of drug-likeness (QED) is 0.420. The minimum atomic E-state index is -0.310. The average Bonchev–Trinajstić information content (AvgIpc) is 2.60. The maximum absolute atomic E-state index is 13.8. The summed E-state index contributed by atoms with van der Waals surface area (Å²) in [5, 5.41) is 15.5. The highest BCUT2D eigenvalue weighted by Crippen LogP contribution is 2.26. The first-order valence-electron chi connectivity index (χ1n) is 8.32. The lowest BCUT2D eigenvalue weighted by atomic mass is 9.84. The summed E-state index contributed by atoms with van der Waals surface area (Å²) < 4.78 is 13.8. The van der Waals surface area contributed by atoms with Crippen molar-refractivity contribution >= 4 is 29.9 Å². The van der Waals surface area contributed by atoms with Gasteiger partial charge in [0.25, 0.3) is 0 Å². The molecule has 1 aromatic rings. The Morgan fingerprint density at radius 3 is 2.62 bits per heavy atom. The first kappa shape index (κ1) is 20.7. The number of benzene rings is 1.